The largest absolute Gasteiger partial charge is 0.480 e. The number of hydrogen-bond acceptors (Lipinski definition) is 4. The second-order valence-corrected chi connectivity index (χ2v) is 8.80. The molecule has 25 heavy (non-hydrogen) atoms. The Kier molecular flexibility index (Phi) is 5.24. The lowest BCUT2D eigenvalue weighted by atomic mass is 9.75. The fourth-order valence-electron chi connectivity index (χ4n) is 2.66. The number of halogens is 1. The van der Waals surface area contributed by atoms with Gasteiger partial charge in [0.05, 0.1) is 17.1 Å². The van der Waals surface area contributed by atoms with Gasteiger partial charge in [0.25, 0.3) is 0 Å². The van der Waals surface area contributed by atoms with E-state index in [0.29, 0.717) is 0 Å². The van der Waals surface area contributed by atoms with E-state index in [0.717, 1.165) is 20.4 Å². The van der Waals surface area contributed by atoms with Crippen molar-refractivity contribution in [2.24, 2.45) is 5.73 Å². The summed E-state index contributed by atoms with van der Waals surface area (Å²) in [5.74, 6) is -0.364. The second kappa shape index (κ2) is 6.97. The van der Waals surface area contributed by atoms with E-state index in [2.05, 4.69) is 6.07 Å². The Hall–Kier alpha value is -0.975. The van der Waals surface area contributed by atoms with Gasteiger partial charge in [-0.25, -0.2) is 0 Å². The van der Waals surface area contributed by atoms with Crippen LogP contribution in [-0.2, 0) is 9.31 Å². The highest BCUT2D eigenvalue weighted by Crippen LogP contribution is 2.41. The molecule has 1 fully saturated rings. The van der Waals surface area contributed by atoms with Crippen LogP contribution in [0.15, 0.2) is 58.3 Å². The molecule has 3 rings (SSSR count). The van der Waals surface area contributed by atoms with Gasteiger partial charge >= 0.3 is 7.12 Å². The molecule has 0 radical (unpaired) electrons. The summed E-state index contributed by atoms with van der Waals surface area (Å²) < 4.78 is 12.3. The molecule has 1 aliphatic heterocycles. The molecule has 0 saturated carbocycles. The van der Waals surface area contributed by atoms with Gasteiger partial charge in [-0.3, -0.25) is 0 Å². The molecule has 2 N–H and O–H groups in total. The monoisotopic (exact) mass is 375 g/mol. The smallest absolute Gasteiger partial charge is 0.402 e. The molecule has 1 aliphatic rings. The van der Waals surface area contributed by atoms with Crippen LogP contribution in [0.4, 0.5) is 0 Å². The molecule has 0 aliphatic carbocycles. The Morgan fingerprint density at radius 2 is 1.52 bits per heavy atom. The van der Waals surface area contributed by atoms with Crippen molar-refractivity contribution in [2.75, 3.05) is 0 Å². The van der Waals surface area contributed by atoms with Crippen LogP contribution in [0.5, 0.6) is 0 Å². The van der Waals surface area contributed by atoms with Crippen molar-refractivity contribution in [3.05, 3.63) is 59.1 Å². The third-order valence-corrected chi connectivity index (χ3v) is 6.24. The van der Waals surface area contributed by atoms with E-state index in [1.54, 1.807) is 11.8 Å². The summed E-state index contributed by atoms with van der Waals surface area (Å²) in [6.45, 7) is 8.14. The molecule has 0 bridgehead atoms. The van der Waals surface area contributed by atoms with Gasteiger partial charge in [0, 0.05) is 14.8 Å². The standard InChI is InChI=1S/C19H23BClNO2S/c1-18(2)19(3,4)24-20(23-18)17(22)15-7-5-6-8-16(15)25-14-11-9-13(21)10-12-14/h5-12,17H,22H2,1-4H3/t17-/m1/s1. The van der Waals surface area contributed by atoms with Crippen molar-refractivity contribution in [2.45, 2.75) is 54.6 Å². The predicted octanol–water partition coefficient (Wildman–Crippen LogP) is 5.12. The van der Waals surface area contributed by atoms with Crippen molar-refractivity contribution in [1.82, 2.24) is 0 Å². The maximum Gasteiger partial charge on any atom is 0.480 e. The number of nitrogens with two attached hydrogens (primary N) is 1. The van der Waals surface area contributed by atoms with Crippen LogP contribution >= 0.6 is 23.4 Å². The van der Waals surface area contributed by atoms with Crippen LogP contribution < -0.4 is 5.73 Å². The minimum absolute atomic E-state index is 0.364. The van der Waals surface area contributed by atoms with Crippen LogP contribution in [0, 0.1) is 0 Å². The van der Waals surface area contributed by atoms with Crippen LogP contribution in [0.1, 0.15) is 39.2 Å². The average Bonchev–Trinajstić information content (AvgIpc) is 2.77. The molecule has 0 spiro atoms. The van der Waals surface area contributed by atoms with Gasteiger partial charge in [0.1, 0.15) is 0 Å². The predicted molar refractivity (Wildman–Crippen MR) is 105 cm³/mol. The Morgan fingerprint density at radius 1 is 0.960 bits per heavy atom. The molecule has 1 atom stereocenters. The molecule has 3 nitrogen and oxygen atoms in total. The van der Waals surface area contributed by atoms with Gasteiger partial charge in [0.15, 0.2) is 0 Å². The topological polar surface area (TPSA) is 44.5 Å². The van der Waals surface area contributed by atoms with E-state index in [1.165, 1.54) is 0 Å². The van der Waals surface area contributed by atoms with Gasteiger partial charge in [0.2, 0.25) is 0 Å². The molecule has 2 aromatic carbocycles. The van der Waals surface area contributed by atoms with E-state index in [9.17, 15) is 0 Å². The zero-order valence-electron chi connectivity index (χ0n) is 15.0. The normalized spacial score (nSPS) is 19.8. The lowest BCUT2D eigenvalue weighted by Gasteiger charge is -2.32. The molecule has 1 saturated heterocycles. The fourth-order valence-corrected chi connectivity index (χ4v) is 3.78. The van der Waals surface area contributed by atoms with Crippen molar-refractivity contribution in [3.8, 4) is 0 Å². The maximum absolute atomic E-state index is 6.54. The number of rotatable bonds is 4. The summed E-state index contributed by atoms with van der Waals surface area (Å²) >= 11 is 7.63. The zero-order valence-corrected chi connectivity index (χ0v) is 16.5. The third-order valence-electron chi connectivity index (χ3n) is 4.88. The Bertz CT molecular complexity index is 735. The van der Waals surface area contributed by atoms with Crippen molar-refractivity contribution in [3.63, 3.8) is 0 Å². The molecule has 2 aromatic rings. The first-order valence-corrected chi connectivity index (χ1v) is 9.53. The first-order chi connectivity index (χ1) is 11.7. The van der Waals surface area contributed by atoms with Gasteiger partial charge in [-0.15, -0.1) is 0 Å². The molecule has 0 aromatic heterocycles. The number of hydrogen-bond donors (Lipinski definition) is 1. The van der Waals surface area contributed by atoms with E-state index in [-0.39, 0.29) is 5.94 Å². The van der Waals surface area contributed by atoms with Gasteiger partial charge < -0.3 is 15.0 Å². The van der Waals surface area contributed by atoms with Gasteiger partial charge in [-0.05, 0) is 63.6 Å². The summed E-state index contributed by atoms with van der Waals surface area (Å²) in [7, 11) is -0.475. The van der Waals surface area contributed by atoms with Crippen molar-refractivity contribution in [1.29, 1.82) is 0 Å². The Balaban J connectivity index is 1.84. The maximum atomic E-state index is 6.54. The quantitative estimate of drug-likeness (QED) is 0.753. The first-order valence-electron chi connectivity index (χ1n) is 8.33. The van der Waals surface area contributed by atoms with E-state index >= 15 is 0 Å². The van der Waals surface area contributed by atoms with Crippen LogP contribution in [0.3, 0.4) is 0 Å². The second-order valence-electron chi connectivity index (χ2n) is 7.24. The van der Waals surface area contributed by atoms with Crippen LogP contribution in [0.25, 0.3) is 0 Å². The first kappa shape index (κ1) is 18.8. The van der Waals surface area contributed by atoms with Crippen molar-refractivity contribution < 1.29 is 9.31 Å². The molecule has 1 heterocycles. The molecular weight excluding hydrogens is 353 g/mol. The Morgan fingerprint density at radius 3 is 2.12 bits per heavy atom. The summed E-state index contributed by atoms with van der Waals surface area (Å²) in [6.07, 6.45) is 0. The molecule has 0 amide bonds. The minimum Gasteiger partial charge on any atom is -0.402 e. The molecular formula is C19H23BClNO2S. The summed E-state index contributed by atoms with van der Waals surface area (Å²) in [5, 5.41) is 0.728. The Labute approximate surface area is 159 Å². The van der Waals surface area contributed by atoms with E-state index in [1.807, 2.05) is 70.2 Å². The SMILES string of the molecule is CC1(C)OB([C@H](N)c2ccccc2Sc2ccc(Cl)cc2)OC1(C)C. The highest BCUT2D eigenvalue weighted by atomic mass is 35.5. The van der Waals surface area contributed by atoms with Gasteiger partial charge in [-0.1, -0.05) is 41.6 Å². The highest BCUT2D eigenvalue weighted by molar-refractivity contribution is 7.99. The summed E-state index contributed by atoms with van der Waals surface area (Å²) in [5.41, 5.74) is 6.76. The third kappa shape index (κ3) is 3.91. The summed E-state index contributed by atoms with van der Waals surface area (Å²) in [6, 6.07) is 15.9. The van der Waals surface area contributed by atoms with Crippen molar-refractivity contribution >= 4 is 30.5 Å². The zero-order chi connectivity index (χ0) is 18.2. The van der Waals surface area contributed by atoms with Crippen LogP contribution in [0.2, 0.25) is 5.02 Å². The van der Waals surface area contributed by atoms with Crippen LogP contribution in [-0.4, -0.2) is 18.3 Å². The van der Waals surface area contributed by atoms with E-state index < -0.39 is 18.3 Å². The number of benzene rings is 2. The minimum atomic E-state index is -0.475. The highest BCUT2D eigenvalue weighted by Gasteiger charge is 2.53. The van der Waals surface area contributed by atoms with Gasteiger partial charge in [-0.2, -0.15) is 0 Å². The lowest BCUT2D eigenvalue weighted by Crippen LogP contribution is -2.41. The lowest BCUT2D eigenvalue weighted by molar-refractivity contribution is 0.00578. The molecule has 132 valence electrons. The molecule has 0 unspecified atom stereocenters. The summed E-state index contributed by atoms with van der Waals surface area (Å²) in [4.78, 5) is 2.20. The fraction of sp³-hybridized carbons (Fsp3) is 0.368. The molecule has 6 heteroatoms. The average molecular weight is 376 g/mol. The van der Waals surface area contributed by atoms with E-state index in [4.69, 9.17) is 26.6 Å².